The normalized spacial score (nSPS) is 11.8. The van der Waals surface area contributed by atoms with Crippen molar-refractivity contribution in [2.24, 2.45) is 0 Å². The molecule has 1 unspecified atom stereocenters. The minimum Gasteiger partial charge on any atom is -0.493 e. The summed E-state index contributed by atoms with van der Waals surface area (Å²) < 4.78 is 10.5. The monoisotopic (exact) mass is 352 g/mol. The number of amides is 1. The molecular weight excluding hydrogens is 332 g/mol. The predicted octanol–water partition coefficient (Wildman–Crippen LogP) is 3.25. The first-order valence-corrected chi connectivity index (χ1v) is 8.18. The van der Waals surface area contributed by atoms with Crippen molar-refractivity contribution < 1.29 is 19.1 Å². The van der Waals surface area contributed by atoms with Gasteiger partial charge in [-0.3, -0.25) is 9.59 Å². The van der Waals surface area contributed by atoms with Crippen molar-refractivity contribution in [3.8, 4) is 11.5 Å². The van der Waals surface area contributed by atoms with Gasteiger partial charge in [0.25, 0.3) is 11.7 Å². The average Bonchev–Trinajstić information content (AvgIpc) is 3.10. The number of hydrogen-bond acceptors (Lipinski definition) is 4. The molecule has 0 bridgehead atoms. The lowest BCUT2D eigenvalue weighted by molar-refractivity contribution is -0.117. The number of aromatic amines is 1. The average molecular weight is 352 g/mol. The minimum absolute atomic E-state index is 0.359. The van der Waals surface area contributed by atoms with Crippen LogP contribution in [0.3, 0.4) is 0 Å². The van der Waals surface area contributed by atoms with Gasteiger partial charge in [0.1, 0.15) is 0 Å². The van der Waals surface area contributed by atoms with Gasteiger partial charge in [-0.05, 0) is 30.7 Å². The lowest BCUT2D eigenvalue weighted by Gasteiger charge is -2.16. The first-order valence-electron chi connectivity index (χ1n) is 8.18. The molecule has 0 saturated carbocycles. The molecule has 134 valence electrons. The Balaban J connectivity index is 1.78. The topological polar surface area (TPSA) is 80.4 Å². The second-order valence-corrected chi connectivity index (χ2v) is 5.89. The largest absolute Gasteiger partial charge is 0.493 e. The molecule has 6 nitrogen and oxygen atoms in total. The van der Waals surface area contributed by atoms with Crippen LogP contribution in [0.5, 0.6) is 11.5 Å². The molecule has 3 aromatic rings. The number of hydrogen-bond donors (Lipinski definition) is 2. The maximum atomic E-state index is 12.5. The molecule has 2 N–H and O–H groups in total. The lowest BCUT2D eigenvalue weighted by atomic mass is 10.1. The first kappa shape index (κ1) is 17.5. The van der Waals surface area contributed by atoms with E-state index in [1.54, 1.807) is 32.5 Å². The van der Waals surface area contributed by atoms with Crippen LogP contribution in [0.25, 0.3) is 10.9 Å². The van der Waals surface area contributed by atoms with Crippen LogP contribution in [-0.4, -0.2) is 30.9 Å². The number of para-hydroxylation sites is 1. The fraction of sp³-hybridized carbons (Fsp3) is 0.200. The molecule has 3 rings (SSSR count). The van der Waals surface area contributed by atoms with Crippen LogP contribution >= 0.6 is 0 Å². The Hall–Kier alpha value is -3.28. The van der Waals surface area contributed by atoms with Gasteiger partial charge in [-0.15, -0.1) is 0 Å². The molecule has 0 radical (unpaired) electrons. The quantitative estimate of drug-likeness (QED) is 0.527. The second kappa shape index (κ2) is 7.31. The van der Waals surface area contributed by atoms with Gasteiger partial charge in [-0.25, -0.2) is 0 Å². The van der Waals surface area contributed by atoms with Crippen molar-refractivity contribution in [1.29, 1.82) is 0 Å². The van der Waals surface area contributed by atoms with E-state index in [4.69, 9.17) is 9.47 Å². The summed E-state index contributed by atoms with van der Waals surface area (Å²) in [6, 6.07) is 12.4. The van der Waals surface area contributed by atoms with Crippen LogP contribution in [0.1, 0.15) is 28.9 Å². The van der Waals surface area contributed by atoms with E-state index in [0.29, 0.717) is 17.1 Å². The molecule has 0 saturated heterocycles. The molecule has 0 aliphatic carbocycles. The Morgan fingerprint density at radius 2 is 1.77 bits per heavy atom. The standard InChI is InChI=1S/C20H20N2O4/c1-12(13-8-9-17(25-2)18(10-13)26-3)22-20(24)19(23)15-11-21-16-7-5-4-6-14(15)16/h4-12,21H,1-3H3,(H,22,24). The Labute approximate surface area is 151 Å². The number of nitrogens with one attached hydrogen (secondary N) is 2. The van der Waals surface area contributed by atoms with Crippen LogP contribution in [0.15, 0.2) is 48.7 Å². The summed E-state index contributed by atoms with van der Waals surface area (Å²) in [7, 11) is 3.11. The van der Waals surface area contributed by atoms with Crippen molar-refractivity contribution in [2.75, 3.05) is 14.2 Å². The predicted molar refractivity (Wildman–Crippen MR) is 98.7 cm³/mol. The highest BCUT2D eigenvalue weighted by molar-refractivity contribution is 6.45. The van der Waals surface area contributed by atoms with Gasteiger partial charge in [-0.2, -0.15) is 0 Å². The van der Waals surface area contributed by atoms with Crippen molar-refractivity contribution in [3.05, 3.63) is 59.8 Å². The van der Waals surface area contributed by atoms with Gasteiger partial charge < -0.3 is 19.8 Å². The molecule has 6 heteroatoms. The highest BCUT2D eigenvalue weighted by Gasteiger charge is 2.22. The number of H-pyrrole nitrogens is 1. The molecule has 0 fully saturated rings. The molecule has 1 amide bonds. The summed E-state index contributed by atoms with van der Waals surface area (Å²) in [5.74, 6) is -0.0643. The third-order valence-electron chi connectivity index (χ3n) is 4.30. The molecule has 1 heterocycles. The number of benzene rings is 2. The number of ketones is 1. The Kier molecular flexibility index (Phi) is 4.93. The van der Waals surface area contributed by atoms with E-state index in [1.807, 2.05) is 37.3 Å². The molecule has 0 aliphatic heterocycles. The van der Waals surface area contributed by atoms with Crippen molar-refractivity contribution in [2.45, 2.75) is 13.0 Å². The summed E-state index contributed by atoms with van der Waals surface area (Å²) in [4.78, 5) is 28.0. The summed E-state index contributed by atoms with van der Waals surface area (Å²) in [5, 5.41) is 3.47. The molecular formula is C20H20N2O4. The zero-order chi connectivity index (χ0) is 18.7. The summed E-state index contributed by atoms with van der Waals surface area (Å²) in [5.41, 5.74) is 1.98. The zero-order valence-corrected chi connectivity index (χ0v) is 14.8. The molecule has 0 aliphatic rings. The van der Waals surface area contributed by atoms with Gasteiger partial charge in [0.05, 0.1) is 25.8 Å². The van der Waals surface area contributed by atoms with E-state index in [2.05, 4.69) is 10.3 Å². The SMILES string of the molecule is COc1ccc(C(C)NC(=O)C(=O)c2c[nH]c3ccccc23)cc1OC. The number of carbonyl (C=O) groups is 2. The number of Topliss-reactive ketones (excluding diaryl/α,β-unsaturated/α-hetero) is 1. The fourth-order valence-corrected chi connectivity index (χ4v) is 2.85. The summed E-state index contributed by atoms with van der Waals surface area (Å²) in [6.45, 7) is 1.81. The van der Waals surface area contributed by atoms with E-state index in [-0.39, 0.29) is 6.04 Å². The van der Waals surface area contributed by atoms with E-state index >= 15 is 0 Å². The van der Waals surface area contributed by atoms with Gasteiger partial charge in [0, 0.05) is 17.1 Å². The van der Waals surface area contributed by atoms with E-state index in [9.17, 15) is 9.59 Å². The van der Waals surface area contributed by atoms with E-state index in [1.165, 1.54) is 0 Å². The van der Waals surface area contributed by atoms with Crippen molar-refractivity contribution in [1.82, 2.24) is 10.3 Å². The highest BCUT2D eigenvalue weighted by Crippen LogP contribution is 2.30. The van der Waals surface area contributed by atoms with Crippen LogP contribution in [0, 0.1) is 0 Å². The summed E-state index contributed by atoms with van der Waals surface area (Å²) in [6.07, 6.45) is 1.56. The number of aromatic nitrogens is 1. The molecule has 0 spiro atoms. The lowest BCUT2D eigenvalue weighted by Crippen LogP contribution is -2.33. The van der Waals surface area contributed by atoms with Gasteiger partial charge in [-0.1, -0.05) is 24.3 Å². The number of ether oxygens (including phenoxy) is 2. The van der Waals surface area contributed by atoms with Crippen LogP contribution in [0.2, 0.25) is 0 Å². The van der Waals surface area contributed by atoms with Crippen molar-refractivity contribution in [3.63, 3.8) is 0 Å². The van der Waals surface area contributed by atoms with Gasteiger partial charge >= 0.3 is 0 Å². The maximum Gasteiger partial charge on any atom is 0.292 e. The number of methoxy groups -OCH3 is 2. The zero-order valence-electron chi connectivity index (χ0n) is 14.8. The summed E-state index contributed by atoms with van der Waals surface area (Å²) >= 11 is 0. The fourth-order valence-electron chi connectivity index (χ4n) is 2.85. The molecule has 1 atom stereocenters. The third-order valence-corrected chi connectivity index (χ3v) is 4.30. The molecule has 1 aromatic heterocycles. The van der Waals surface area contributed by atoms with Crippen LogP contribution in [-0.2, 0) is 4.79 Å². The molecule has 26 heavy (non-hydrogen) atoms. The molecule has 2 aromatic carbocycles. The number of rotatable bonds is 6. The van der Waals surface area contributed by atoms with Crippen LogP contribution in [0.4, 0.5) is 0 Å². The highest BCUT2D eigenvalue weighted by atomic mass is 16.5. The van der Waals surface area contributed by atoms with Gasteiger partial charge in [0.2, 0.25) is 0 Å². The third kappa shape index (κ3) is 3.26. The second-order valence-electron chi connectivity index (χ2n) is 5.89. The van der Waals surface area contributed by atoms with Crippen LogP contribution < -0.4 is 14.8 Å². The van der Waals surface area contributed by atoms with Gasteiger partial charge in [0.15, 0.2) is 11.5 Å². The maximum absolute atomic E-state index is 12.5. The first-order chi connectivity index (χ1) is 12.5. The minimum atomic E-state index is -0.656. The van der Waals surface area contributed by atoms with E-state index in [0.717, 1.165) is 16.5 Å². The number of carbonyl (C=O) groups excluding carboxylic acids is 2. The Morgan fingerprint density at radius 3 is 2.50 bits per heavy atom. The smallest absolute Gasteiger partial charge is 0.292 e. The van der Waals surface area contributed by atoms with Crippen molar-refractivity contribution >= 4 is 22.6 Å². The Morgan fingerprint density at radius 1 is 1.04 bits per heavy atom. The van der Waals surface area contributed by atoms with E-state index < -0.39 is 11.7 Å². The Bertz CT molecular complexity index is 961. The number of fused-ring (bicyclic) bond motifs is 1.